The maximum atomic E-state index is 11.8. The predicted molar refractivity (Wildman–Crippen MR) is 70.3 cm³/mol. The molecule has 3 N–H and O–H groups in total. The van der Waals surface area contributed by atoms with E-state index in [2.05, 4.69) is 20.6 Å². The second-order valence-corrected chi connectivity index (χ2v) is 4.71. The van der Waals surface area contributed by atoms with Gasteiger partial charge in [-0.25, -0.2) is 4.98 Å². The monoisotopic (exact) mass is 244 g/mol. The van der Waals surface area contributed by atoms with Crippen molar-refractivity contribution in [2.75, 3.05) is 18.4 Å². The third-order valence-electron chi connectivity index (χ3n) is 3.28. The first-order valence-electron chi connectivity index (χ1n) is 6.26. The number of anilines is 1. The molecular weight excluding hydrogens is 228 g/mol. The normalized spacial score (nSPS) is 19.2. The van der Waals surface area contributed by atoms with E-state index < -0.39 is 0 Å². The van der Waals surface area contributed by atoms with Gasteiger partial charge < -0.3 is 10.3 Å². The molecule has 1 aromatic carbocycles. The van der Waals surface area contributed by atoms with Crippen molar-refractivity contribution in [3.63, 3.8) is 0 Å². The van der Waals surface area contributed by atoms with Crippen molar-refractivity contribution in [3.8, 4) is 0 Å². The smallest absolute Gasteiger partial charge is 0.227 e. The average Bonchev–Trinajstić information content (AvgIpc) is 2.96. The Morgan fingerprint density at radius 2 is 2.33 bits per heavy atom. The van der Waals surface area contributed by atoms with E-state index in [1.807, 2.05) is 24.3 Å². The van der Waals surface area contributed by atoms with Crippen LogP contribution in [-0.4, -0.2) is 29.0 Å². The molecule has 1 unspecified atom stereocenters. The van der Waals surface area contributed by atoms with Crippen LogP contribution in [0.1, 0.15) is 12.8 Å². The Bertz CT molecular complexity index is 524. The maximum Gasteiger partial charge on any atom is 0.227 e. The summed E-state index contributed by atoms with van der Waals surface area (Å²) >= 11 is 0. The van der Waals surface area contributed by atoms with Crippen molar-refractivity contribution in [1.29, 1.82) is 0 Å². The number of hydrogen-bond donors (Lipinski definition) is 3. The zero-order valence-corrected chi connectivity index (χ0v) is 10.1. The van der Waals surface area contributed by atoms with Crippen molar-refractivity contribution in [3.05, 3.63) is 24.3 Å². The lowest BCUT2D eigenvalue weighted by molar-refractivity contribution is -0.117. The number of para-hydroxylation sites is 2. The van der Waals surface area contributed by atoms with Gasteiger partial charge in [-0.05, 0) is 37.6 Å². The number of nitrogens with one attached hydrogen (secondary N) is 3. The zero-order valence-electron chi connectivity index (χ0n) is 10.1. The quantitative estimate of drug-likeness (QED) is 0.766. The van der Waals surface area contributed by atoms with E-state index in [4.69, 9.17) is 0 Å². The minimum absolute atomic E-state index is 0.0303. The van der Waals surface area contributed by atoms with Gasteiger partial charge in [0.15, 0.2) is 0 Å². The number of rotatable bonds is 3. The zero-order chi connectivity index (χ0) is 12.4. The molecular formula is C13H16N4O. The van der Waals surface area contributed by atoms with Gasteiger partial charge in [-0.15, -0.1) is 0 Å². The van der Waals surface area contributed by atoms with Gasteiger partial charge in [-0.2, -0.15) is 0 Å². The Hall–Kier alpha value is -1.88. The Morgan fingerprint density at radius 1 is 1.44 bits per heavy atom. The molecule has 1 aliphatic rings. The molecule has 0 radical (unpaired) electrons. The lowest BCUT2D eigenvalue weighted by atomic mass is 10.1. The summed E-state index contributed by atoms with van der Waals surface area (Å²) in [5, 5.41) is 6.08. The number of aromatic amines is 1. The number of benzene rings is 1. The second kappa shape index (κ2) is 4.78. The number of H-pyrrole nitrogens is 1. The molecule has 2 heterocycles. The lowest BCUT2D eigenvalue weighted by Gasteiger charge is -2.06. The molecule has 94 valence electrons. The topological polar surface area (TPSA) is 69.8 Å². The number of amides is 1. The number of carbonyl (C=O) groups excluding carboxylic acids is 1. The van der Waals surface area contributed by atoms with Gasteiger partial charge in [0.1, 0.15) is 0 Å². The molecule has 1 saturated heterocycles. The molecule has 1 atom stereocenters. The molecule has 2 aromatic rings. The first-order valence-corrected chi connectivity index (χ1v) is 6.26. The van der Waals surface area contributed by atoms with E-state index in [0.29, 0.717) is 18.3 Å². The van der Waals surface area contributed by atoms with Gasteiger partial charge in [-0.1, -0.05) is 12.1 Å². The van der Waals surface area contributed by atoms with Crippen LogP contribution in [0.5, 0.6) is 0 Å². The molecule has 5 heteroatoms. The van der Waals surface area contributed by atoms with Gasteiger partial charge in [-0.3, -0.25) is 10.1 Å². The van der Waals surface area contributed by atoms with Gasteiger partial charge in [0, 0.05) is 6.42 Å². The number of hydrogen-bond acceptors (Lipinski definition) is 3. The van der Waals surface area contributed by atoms with Gasteiger partial charge in [0.2, 0.25) is 11.9 Å². The Morgan fingerprint density at radius 3 is 3.11 bits per heavy atom. The molecule has 0 bridgehead atoms. The summed E-state index contributed by atoms with van der Waals surface area (Å²) in [4.78, 5) is 19.3. The number of aromatic nitrogens is 2. The summed E-state index contributed by atoms with van der Waals surface area (Å²) in [7, 11) is 0. The summed E-state index contributed by atoms with van der Waals surface area (Å²) in [5.74, 6) is 1.02. The summed E-state index contributed by atoms with van der Waals surface area (Å²) in [6.45, 7) is 1.95. The van der Waals surface area contributed by atoms with Crippen LogP contribution < -0.4 is 10.6 Å². The van der Waals surface area contributed by atoms with E-state index >= 15 is 0 Å². The molecule has 1 amide bonds. The average molecular weight is 244 g/mol. The van der Waals surface area contributed by atoms with Crippen LogP contribution in [0.25, 0.3) is 11.0 Å². The van der Waals surface area contributed by atoms with Crippen LogP contribution in [0.3, 0.4) is 0 Å². The third kappa shape index (κ3) is 2.36. The molecule has 1 aliphatic heterocycles. The molecule has 5 nitrogen and oxygen atoms in total. The van der Waals surface area contributed by atoms with Crippen LogP contribution in [-0.2, 0) is 4.79 Å². The Balaban J connectivity index is 1.66. The molecule has 0 spiro atoms. The molecule has 0 aliphatic carbocycles. The Labute approximate surface area is 105 Å². The lowest BCUT2D eigenvalue weighted by Crippen LogP contribution is -2.18. The number of carbonyl (C=O) groups is 1. The van der Waals surface area contributed by atoms with Crippen LogP contribution >= 0.6 is 0 Å². The standard InChI is InChI=1S/C13H16N4O/c18-12(7-9-5-6-14-8-9)17-13-15-10-3-1-2-4-11(10)16-13/h1-4,9,14H,5-8H2,(H2,15,16,17,18). The van der Waals surface area contributed by atoms with Crippen molar-refractivity contribution >= 4 is 22.9 Å². The third-order valence-corrected chi connectivity index (χ3v) is 3.28. The van der Waals surface area contributed by atoms with E-state index in [1.165, 1.54) is 0 Å². The second-order valence-electron chi connectivity index (χ2n) is 4.71. The summed E-state index contributed by atoms with van der Waals surface area (Å²) in [6.07, 6.45) is 1.64. The van der Waals surface area contributed by atoms with Crippen LogP contribution in [0, 0.1) is 5.92 Å². The fraction of sp³-hybridized carbons (Fsp3) is 0.385. The largest absolute Gasteiger partial charge is 0.324 e. The number of imidazole rings is 1. The van der Waals surface area contributed by atoms with Crippen molar-refractivity contribution in [2.45, 2.75) is 12.8 Å². The Kier molecular flexibility index (Phi) is 2.98. The summed E-state index contributed by atoms with van der Waals surface area (Å²) < 4.78 is 0. The maximum absolute atomic E-state index is 11.8. The molecule has 1 aromatic heterocycles. The van der Waals surface area contributed by atoms with Crippen LogP contribution in [0.4, 0.5) is 5.95 Å². The van der Waals surface area contributed by atoms with Crippen molar-refractivity contribution in [2.24, 2.45) is 5.92 Å². The van der Waals surface area contributed by atoms with Crippen LogP contribution in [0.2, 0.25) is 0 Å². The predicted octanol–water partition coefficient (Wildman–Crippen LogP) is 1.50. The highest BCUT2D eigenvalue weighted by Gasteiger charge is 2.18. The van der Waals surface area contributed by atoms with Crippen molar-refractivity contribution < 1.29 is 4.79 Å². The highest BCUT2D eigenvalue weighted by molar-refractivity contribution is 5.91. The fourth-order valence-corrected chi connectivity index (χ4v) is 2.35. The molecule has 1 fully saturated rings. The van der Waals surface area contributed by atoms with E-state index in [-0.39, 0.29) is 5.91 Å². The molecule has 18 heavy (non-hydrogen) atoms. The number of nitrogens with zero attached hydrogens (tertiary/aromatic N) is 1. The van der Waals surface area contributed by atoms with Gasteiger partial charge in [0.25, 0.3) is 0 Å². The minimum atomic E-state index is 0.0303. The van der Waals surface area contributed by atoms with E-state index in [1.54, 1.807) is 0 Å². The van der Waals surface area contributed by atoms with Gasteiger partial charge >= 0.3 is 0 Å². The highest BCUT2D eigenvalue weighted by atomic mass is 16.1. The highest BCUT2D eigenvalue weighted by Crippen LogP contribution is 2.16. The number of fused-ring (bicyclic) bond motifs is 1. The molecule has 0 saturated carbocycles. The first kappa shape index (κ1) is 11.2. The van der Waals surface area contributed by atoms with Gasteiger partial charge in [0.05, 0.1) is 11.0 Å². The van der Waals surface area contributed by atoms with E-state index in [0.717, 1.165) is 30.5 Å². The summed E-state index contributed by atoms with van der Waals surface area (Å²) in [5.41, 5.74) is 1.81. The van der Waals surface area contributed by atoms with E-state index in [9.17, 15) is 4.79 Å². The minimum Gasteiger partial charge on any atom is -0.324 e. The van der Waals surface area contributed by atoms with Crippen molar-refractivity contribution in [1.82, 2.24) is 15.3 Å². The summed E-state index contributed by atoms with van der Waals surface area (Å²) in [6, 6.07) is 7.73. The SMILES string of the molecule is O=C(CC1CCNC1)Nc1nc2ccccc2[nH]1. The fourth-order valence-electron chi connectivity index (χ4n) is 2.35. The first-order chi connectivity index (χ1) is 8.81. The van der Waals surface area contributed by atoms with Crippen LogP contribution in [0.15, 0.2) is 24.3 Å². The molecule has 3 rings (SSSR count).